The maximum atomic E-state index is 5.48. The standard InChI is InChI=1S/C53H33N5.C51H31N5/c1-2-10-32(11-3-1)49-41-12-4-5-13-43(41)58-53-42(49)26-20-35-21-27-44(57-52(35)53)38-23-17-34-18-24-39-37(22-16-33-19-25-40(38)51(34)50(33)39)36-30-47(45-14-6-8-28-54-45)56-48(31-36)46-15-7-9-29-55-46;1-2-10-33(11-3-1)49-40-12-4-5-13-44(40)56-51-41(49)24-20-34-22-25-43(55-50(34)51)37-19-17-32-16-18-36-28-35(21-23-39(36)42(32)29-37)38-30-47(45-14-6-8-26-52-45)54-48(31-38)46-15-7-9-27-53-46/h1-31,50-51H;1-31H. The van der Waals surface area contributed by atoms with Crippen molar-refractivity contribution in [3.8, 4) is 90.2 Å². The summed E-state index contributed by atoms with van der Waals surface area (Å²) in [6, 6.07) is 106. The monoisotopic (exact) mass is 1450 g/mol. The molecule has 0 amide bonds. The molecule has 0 saturated heterocycles. The van der Waals surface area contributed by atoms with Crippen molar-refractivity contribution in [2.24, 2.45) is 11.8 Å². The first-order valence-corrected chi connectivity index (χ1v) is 38.5. The van der Waals surface area contributed by atoms with Crippen molar-refractivity contribution in [3.05, 3.63) is 410 Å². The average Bonchev–Trinajstić information content (AvgIpc) is 0.722. The van der Waals surface area contributed by atoms with E-state index in [9.17, 15) is 0 Å². The number of hydrogen-bond donors (Lipinski definition) is 0. The molecule has 0 saturated carbocycles. The second kappa shape index (κ2) is 27.4. The van der Waals surface area contributed by atoms with Crippen molar-refractivity contribution in [1.29, 1.82) is 0 Å². The van der Waals surface area contributed by atoms with Gasteiger partial charge in [0.25, 0.3) is 0 Å². The number of hydrogen-bond acceptors (Lipinski definition) is 10. The number of rotatable bonds is 10. The van der Waals surface area contributed by atoms with Gasteiger partial charge in [0.2, 0.25) is 0 Å². The molecule has 0 aliphatic heterocycles. The van der Waals surface area contributed by atoms with E-state index in [1.807, 2.05) is 85.2 Å². The molecule has 4 aliphatic carbocycles. The third-order valence-corrected chi connectivity index (χ3v) is 22.7. The average molecular weight is 1450 g/mol. The van der Waals surface area contributed by atoms with Gasteiger partial charge in [-0.1, -0.05) is 243 Å². The van der Waals surface area contributed by atoms with E-state index >= 15 is 0 Å². The van der Waals surface area contributed by atoms with Gasteiger partial charge in [-0.15, -0.1) is 0 Å². The van der Waals surface area contributed by atoms with Crippen LogP contribution in [0.2, 0.25) is 0 Å². The lowest BCUT2D eigenvalue weighted by Crippen LogP contribution is -2.30. The van der Waals surface area contributed by atoms with Crippen LogP contribution in [0.15, 0.2) is 399 Å². The van der Waals surface area contributed by atoms with Crippen molar-refractivity contribution >= 4 is 98.1 Å². The van der Waals surface area contributed by atoms with Gasteiger partial charge in [-0.25, -0.2) is 29.9 Å². The molecular formula is C104H64N10. The van der Waals surface area contributed by atoms with Gasteiger partial charge in [-0.05, 0) is 186 Å². The maximum Gasteiger partial charge on any atom is 0.0978 e. The second-order valence-corrected chi connectivity index (χ2v) is 29.3. The Kier molecular flexibility index (Phi) is 15.8. The van der Waals surface area contributed by atoms with Crippen LogP contribution in [-0.2, 0) is 0 Å². The molecule has 114 heavy (non-hydrogen) atoms. The summed E-state index contributed by atoms with van der Waals surface area (Å²) in [5, 5.41) is 11.3. The van der Waals surface area contributed by atoms with Gasteiger partial charge in [0, 0.05) is 91.2 Å². The summed E-state index contributed by atoms with van der Waals surface area (Å²) < 4.78 is 0. The van der Waals surface area contributed by atoms with Crippen LogP contribution < -0.4 is 0 Å². The van der Waals surface area contributed by atoms with Crippen LogP contribution in [0.3, 0.4) is 0 Å². The van der Waals surface area contributed by atoms with E-state index < -0.39 is 0 Å². The minimum absolute atomic E-state index is 0.157. The fourth-order valence-corrected chi connectivity index (χ4v) is 17.4. The number of nitrogens with zero attached hydrogens (tertiary/aromatic N) is 10. The molecule has 9 aromatic carbocycles. The van der Waals surface area contributed by atoms with Crippen molar-refractivity contribution in [1.82, 2.24) is 49.8 Å². The van der Waals surface area contributed by atoms with Crippen LogP contribution in [0.5, 0.6) is 0 Å². The molecule has 19 aromatic rings. The Morgan fingerprint density at radius 2 is 0.675 bits per heavy atom. The van der Waals surface area contributed by atoms with Crippen LogP contribution in [0.4, 0.5) is 0 Å². The number of fused-ring (bicyclic) bond motifs is 11. The molecule has 10 aromatic heterocycles. The van der Waals surface area contributed by atoms with E-state index in [1.54, 1.807) is 12.4 Å². The minimum atomic E-state index is 0.157. The fourth-order valence-electron chi connectivity index (χ4n) is 17.4. The van der Waals surface area contributed by atoms with E-state index in [2.05, 4.69) is 299 Å². The van der Waals surface area contributed by atoms with Gasteiger partial charge >= 0.3 is 0 Å². The van der Waals surface area contributed by atoms with Crippen LogP contribution in [0.1, 0.15) is 11.3 Å². The summed E-state index contributed by atoms with van der Waals surface area (Å²) in [7, 11) is 0. The Bertz CT molecular complexity index is 7330. The van der Waals surface area contributed by atoms with Gasteiger partial charge < -0.3 is 0 Å². The smallest absolute Gasteiger partial charge is 0.0978 e. The topological polar surface area (TPSA) is 129 Å². The largest absolute Gasteiger partial charge is 0.255 e. The Hall–Kier alpha value is -15.3. The summed E-state index contributed by atoms with van der Waals surface area (Å²) >= 11 is 0. The highest BCUT2D eigenvalue weighted by atomic mass is 14.8. The molecule has 4 aliphatic rings. The SMILES string of the molecule is C1=CC2=C(c3ccc4ccc5c(-c6ccccc6)c6ccccc6nc5c4n3)C=CC3=CC=C4C(c5cc(-c6ccccn6)nc(-c6ccccn6)c5)=CC=C1C4C32.c1ccc(-c2c3ccccc3nc3c2ccc2ccc(-c4ccc5ccc6cc(-c7cc(-c8ccccn8)nc(-c8ccccn8)c7)ccc6c5c4)nc23)cc1. The van der Waals surface area contributed by atoms with Crippen LogP contribution in [0.25, 0.3) is 188 Å². The lowest BCUT2D eigenvalue weighted by Gasteiger charge is -2.42. The lowest BCUT2D eigenvalue weighted by molar-refractivity contribution is 0.569. The number of para-hydroxylation sites is 2. The summed E-state index contributed by atoms with van der Waals surface area (Å²) in [4.78, 5) is 49.9. The zero-order chi connectivity index (χ0) is 75.2. The highest BCUT2D eigenvalue weighted by Gasteiger charge is 2.41. The van der Waals surface area contributed by atoms with Crippen LogP contribution in [-0.4, -0.2) is 49.8 Å². The van der Waals surface area contributed by atoms with Crippen molar-refractivity contribution in [3.63, 3.8) is 0 Å². The minimum Gasteiger partial charge on any atom is -0.255 e. The maximum absolute atomic E-state index is 5.48. The first-order valence-electron chi connectivity index (χ1n) is 38.5. The summed E-state index contributed by atoms with van der Waals surface area (Å²) in [5.74, 6) is 0.316. The van der Waals surface area contributed by atoms with Crippen molar-refractivity contribution in [2.45, 2.75) is 0 Å². The first-order chi connectivity index (χ1) is 56.5. The second-order valence-electron chi connectivity index (χ2n) is 29.3. The summed E-state index contributed by atoms with van der Waals surface area (Å²) in [5.41, 5.74) is 30.6. The molecule has 2 unspecified atom stereocenters. The van der Waals surface area contributed by atoms with Crippen LogP contribution in [0, 0.1) is 11.8 Å². The molecule has 530 valence electrons. The predicted octanol–water partition coefficient (Wildman–Crippen LogP) is 24.9. The first kappa shape index (κ1) is 65.8. The Balaban J connectivity index is 0.000000139. The normalized spacial score (nSPS) is 14.8. The third kappa shape index (κ3) is 11.5. The number of pyridine rings is 10. The van der Waals surface area contributed by atoms with E-state index in [0.29, 0.717) is 0 Å². The van der Waals surface area contributed by atoms with Gasteiger partial charge in [0.15, 0.2) is 0 Å². The molecule has 10 nitrogen and oxygen atoms in total. The van der Waals surface area contributed by atoms with Crippen molar-refractivity contribution < 1.29 is 0 Å². The summed E-state index contributed by atoms with van der Waals surface area (Å²) in [6.45, 7) is 0. The summed E-state index contributed by atoms with van der Waals surface area (Å²) in [6.07, 6.45) is 25.6. The van der Waals surface area contributed by atoms with E-state index in [4.69, 9.17) is 29.9 Å². The van der Waals surface area contributed by atoms with Gasteiger partial charge in [-0.3, -0.25) is 19.9 Å². The molecule has 0 spiro atoms. The molecule has 0 N–H and O–H groups in total. The molecular weight excluding hydrogens is 1390 g/mol. The zero-order valence-corrected chi connectivity index (χ0v) is 61.4. The lowest BCUT2D eigenvalue weighted by atomic mass is 9.61. The number of aromatic nitrogens is 10. The van der Waals surface area contributed by atoms with Gasteiger partial charge in [0.1, 0.15) is 0 Å². The van der Waals surface area contributed by atoms with Gasteiger partial charge in [-0.2, -0.15) is 0 Å². The quantitative estimate of drug-likeness (QED) is 0.0964. The van der Waals surface area contributed by atoms with E-state index in [0.717, 1.165) is 156 Å². The Labute approximate surface area is 656 Å². The van der Waals surface area contributed by atoms with E-state index in [1.165, 1.54) is 66.3 Å². The van der Waals surface area contributed by atoms with E-state index in [-0.39, 0.29) is 11.8 Å². The Morgan fingerprint density at radius 3 is 1.25 bits per heavy atom. The van der Waals surface area contributed by atoms with Crippen molar-refractivity contribution in [2.75, 3.05) is 0 Å². The molecule has 10 heteroatoms. The zero-order valence-electron chi connectivity index (χ0n) is 61.4. The highest BCUT2D eigenvalue weighted by molar-refractivity contribution is 6.18. The molecule has 2 atom stereocenters. The van der Waals surface area contributed by atoms with Gasteiger partial charge in [0.05, 0.1) is 90.0 Å². The molecule has 23 rings (SSSR count). The molecule has 10 heterocycles. The number of allylic oxidation sites excluding steroid dienone is 14. The molecule has 0 bridgehead atoms. The Morgan fingerprint density at radius 1 is 0.219 bits per heavy atom. The molecule has 0 radical (unpaired) electrons. The van der Waals surface area contributed by atoms with Crippen LogP contribution >= 0.6 is 0 Å². The number of benzene rings is 9. The highest BCUT2D eigenvalue weighted by Crippen LogP contribution is 2.55. The fraction of sp³-hybridized carbons (Fsp3) is 0.0192. The molecule has 0 fully saturated rings. The predicted molar refractivity (Wildman–Crippen MR) is 465 cm³/mol. The third-order valence-electron chi connectivity index (χ3n) is 22.7.